The van der Waals surface area contributed by atoms with Gasteiger partial charge >= 0.3 is 0 Å². The van der Waals surface area contributed by atoms with Gasteiger partial charge < -0.3 is 9.47 Å². The predicted molar refractivity (Wildman–Crippen MR) is 124 cm³/mol. The van der Waals surface area contributed by atoms with Gasteiger partial charge in [-0.2, -0.15) is 4.99 Å². The lowest BCUT2D eigenvalue weighted by molar-refractivity contribution is -0.132. The van der Waals surface area contributed by atoms with E-state index in [-0.39, 0.29) is 6.04 Å². The minimum Gasteiger partial charge on any atom is -0.339 e. The highest BCUT2D eigenvalue weighted by Crippen LogP contribution is 2.22. The molecular formula is C21H26ClN3O4S2. The predicted octanol–water partition coefficient (Wildman–Crippen LogP) is 3.18. The summed E-state index contributed by atoms with van der Waals surface area (Å²) in [6, 6.07) is 5.39. The van der Waals surface area contributed by atoms with E-state index in [9.17, 15) is 18.0 Å². The number of carbonyl (C=O) groups excluding carboxylic acids is 2. The number of likely N-dealkylation sites (tertiary alicyclic amines) is 1. The number of fused-ring (bicyclic) bond motifs is 1. The summed E-state index contributed by atoms with van der Waals surface area (Å²) in [6.07, 6.45) is 5.25. The number of aromatic nitrogens is 1. The number of thiazole rings is 1. The van der Waals surface area contributed by atoms with Crippen LogP contribution in [0.2, 0.25) is 5.02 Å². The fourth-order valence-electron chi connectivity index (χ4n) is 3.84. The van der Waals surface area contributed by atoms with E-state index in [1.165, 1.54) is 11.3 Å². The molecule has 7 nitrogen and oxygen atoms in total. The first kappa shape index (κ1) is 23.7. The van der Waals surface area contributed by atoms with E-state index in [0.717, 1.165) is 35.9 Å². The van der Waals surface area contributed by atoms with Crippen molar-refractivity contribution in [3.8, 4) is 0 Å². The minimum absolute atomic E-state index is 0.0695. The molecule has 0 spiro atoms. The van der Waals surface area contributed by atoms with E-state index in [4.69, 9.17) is 11.6 Å². The molecule has 1 unspecified atom stereocenters. The molecule has 0 saturated carbocycles. The Labute approximate surface area is 191 Å². The van der Waals surface area contributed by atoms with Crippen LogP contribution in [0.4, 0.5) is 0 Å². The lowest BCUT2D eigenvalue weighted by Crippen LogP contribution is -2.46. The molecule has 2 amide bonds. The Morgan fingerprint density at radius 1 is 1.32 bits per heavy atom. The summed E-state index contributed by atoms with van der Waals surface area (Å²) in [6.45, 7) is 6.69. The second kappa shape index (κ2) is 10.1. The fourth-order valence-corrected chi connectivity index (χ4v) is 6.26. The maximum atomic E-state index is 12.6. The molecule has 0 aliphatic carbocycles. The number of rotatable bonds is 7. The number of hydrogen-bond acceptors (Lipinski definition) is 5. The van der Waals surface area contributed by atoms with Crippen molar-refractivity contribution in [2.24, 2.45) is 4.99 Å². The van der Waals surface area contributed by atoms with Crippen LogP contribution in [-0.2, 0) is 26.0 Å². The summed E-state index contributed by atoms with van der Waals surface area (Å²) >= 11 is 7.29. The van der Waals surface area contributed by atoms with Crippen LogP contribution < -0.4 is 4.80 Å². The fraction of sp³-hybridized carbons (Fsp3) is 0.476. The van der Waals surface area contributed by atoms with Crippen LogP contribution in [0.25, 0.3) is 10.2 Å². The average molecular weight is 484 g/mol. The largest absolute Gasteiger partial charge is 0.339 e. The zero-order valence-electron chi connectivity index (χ0n) is 17.4. The molecule has 0 radical (unpaired) electrons. The molecule has 3 rings (SSSR count). The zero-order chi connectivity index (χ0) is 22.6. The molecule has 1 aliphatic heterocycles. The van der Waals surface area contributed by atoms with Crippen molar-refractivity contribution in [2.45, 2.75) is 45.2 Å². The molecule has 31 heavy (non-hydrogen) atoms. The van der Waals surface area contributed by atoms with Gasteiger partial charge in [-0.05, 0) is 43.9 Å². The number of carbonyl (C=O) groups is 2. The first-order valence-corrected chi connectivity index (χ1v) is 13.2. The average Bonchev–Trinajstić information content (AvgIpc) is 3.03. The number of benzene rings is 1. The van der Waals surface area contributed by atoms with Gasteiger partial charge in [0.1, 0.15) is 11.5 Å². The standard InChI is InChI=1S/C21H26ClN3O4S2/c1-3-10-25-17-9-8-15(22)12-18(17)30-21(25)23-19(26)13-31(28,29)14-20(27)24-11-6-5-7-16(24)4-2/h3,8-9,12,16H,1,4-7,10-11,13-14H2,2H3. The Morgan fingerprint density at radius 3 is 2.81 bits per heavy atom. The highest BCUT2D eigenvalue weighted by atomic mass is 35.5. The summed E-state index contributed by atoms with van der Waals surface area (Å²) in [7, 11) is -3.92. The molecule has 0 N–H and O–H groups in total. The van der Waals surface area contributed by atoms with Crippen LogP contribution in [0.15, 0.2) is 35.8 Å². The number of allylic oxidation sites excluding steroid dienone is 1. The van der Waals surface area contributed by atoms with Gasteiger partial charge in [-0.15, -0.1) is 6.58 Å². The number of nitrogens with zero attached hydrogens (tertiary/aromatic N) is 3. The smallest absolute Gasteiger partial charge is 0.263 e. The van der Waals surface area contributed by atoms with E-state index in [1.807, 2.05) is 13.0 Å². The van der Waals surface area contributed by atoms with Crippen LogP contribution in [0.3, 0.4) is 0 Å². The maximum absolute atomic E-state index is 12.6. The molecule has 1 aromatic heterocycles. The van der Waals surface area contributed by atoms with Crippen molar-refractivity contribution in [2.75, 3.05) is 18.1 Å². The van der Waals surface area contributed by atoms with Crippen molar-refractivity contribution in [3.63, 3.8) is 0 Å². The van der Waals surface area contributed by atoms with Gasteiger partial charge in [-0.1, -0.05) is 35.9 Å². The molecule has 2 aromatic rings. The van der Waals surface area contributed by atoms with Gasteiger partial charge in [0.05, 0.1) is 10.2 Å². The molecule has 10 heteroatoms. The van der Waals surface area contributed by atoms with Crippen molar-refractivity contribution < 1.29 is 18.0 Å². The van der Waals surface area contributed by atoms with Crippen molar-refractivity contribution >= 4 is 54.8 Å². The summed E-state index contributed by atoms with van der Waals surface area (Å²) in [5.74, 6) is -2.70. The molecule has 0 bridgehead atoms. The van der Waals surface area contributed by atoms with E-state index < -0.39 is 33.2 Å². The SMILES string of the molecule is C=CCn1c(=NC(=O)CS(=O)(=O)CC(=O)N2CCCCC2CC)sc2cc(Cl)ccc21. The first-order valence-electron chi connectivity index (χ1n) is 10.2. The minimum atomic E-state index is -3.92. The van der Waals surface area contributed by atoms with E-state index in [0.29, 0.717) is 22.9 Å². The summed E-state index contributed by atoms with van der Waals surface area (Å²) in [5.41, 5.74) is 0.828. The van der Waals surface area contributed by atoms with E-state index in [1.54, 1.807) is 27.7 Å². The number of hydrogen-bond donors (Lipinski definition) is 0. The number of halogens is 1. The number of amides is 2. The summed E-state index contributed by atoms with van der Waals surface area (Å²) in [4.78, 5) is 31.1. The molecule has 168 valence electrons. The second-order valence-corrected chi connectivity index (χ2v) is 11.1. The highest BCUT2D eigenvalue weighted by molar-refractivity contribution is 7.92. The van der Waals surface area contributed by atoms with Crippen molar-refractivity contribution in [1.29, 1.82) is 0 Å². The Kier molecular flexibility index (Phi) is 7.72. The third kappa shape index (κ3) is 5.84. The quantitative estimate of drug-likeness (QED) is 0.566. The Balaban J connectivity index is 1.79. The molecule has 1 aromatic carbocycles. The molecule has 1 atom stereocenters. The Hall–Kier alpha value is -1.97. The Bertz CT molecular complexity index is 1170. The summed E-state index contributed by atoms with van der Waals surface area (Å²) < 4.78 is 27.7. The lowest BCUT2D eigenvalue weighted by Gasteiger charge is -2.35. The monoisotopic (exact) mass is 483 g/mol. The van der Waals surface area contributed by atoms with Gasteiger partial charge in [-0.3, -0.25) is 9.59 Å². The molecular weight excluding hydrogens is 458 g/mol. The molecule has 1 saturated heterocycles. The maximum Gasteiger partial charge on any atom is 0.263 e. The lowest BCUT2D eigenvalue weighted by atomic mass is 10.0. The third-order valence-electron chi connectivity index (χ3n) is 5.28. The number of sulfone groups is 1. The normalized spacial score (nSPS) is 17.8. The topological polar surface area (TPSA) is 88.8 Å². The molecule has 1 aliphatic rings. The van der Waals surface area contributed by atoms with Gasteiger partial charge in [0, 0.05) is 24.2 Å². The summed E-state index contributed by atoms with van der Waals surface area (Å²) in [5, 5.41) is 0.557. The van der Waals surface area contributed by atoms with Gasteiger partial charge in [0.2, 0.25) is 5.91 Å². The van der Waals surface area contributed by atoms with E-state index in [2.05, 4.69) is 11.6 Å². The second-order valence-electron chi connectivity index (χ2n) is 7.58. The van der Waals surface area contributed by atoms with Crippen molar-refractivity contribution in [1.82, 2.24) is 9.47 Å². The van der Waals surface area contributed by atoms with Crippen molar-refractivity contribution in [3.05, 3.63) is 40.7 Å². The van der Waals surface area contributed by atoms with E-state index >= 15 is 0 Å². The van der Waals surface area contributed by atoms with Gasteiger partial charge in [0.15, 0.2) is 14.6 Å². The van der Waals surface area contributed by atoms with Gasteiger partial charge in [0.25, 0.3) is 5.91 Å². The van der Waals surface area contributed by atoms with Gasteiger partial charge in [-0.25, -0.2) is 8.42 Å². The van der Waals surface area contributed by atoms with Crippen LogP contribution in [0, 0.1) is 0 Å². The Morgan fingerprint density at radius 2 is 2.10 bits per heavy atom. The highest BCUT2D eigenvalue weighted by Gasteiger charge is 2.29. The molecule has 2 heterocycles. The molecule has 1 fully saturated rings. The first-order chi connectivity index (χ1) is 14.7. The van der Waals surface area contributed by atoms with Crippen LogP contribution >= 0.6 is 22.9 Å². The number of piperidine rings is 1. The van der Waals surface area contributed by atoms with Crippen LogP contribution in [0.1, 0.15) is 32.6 Å². The third-order valence-corrected chi connectivity index (χ3v) is 7.93. The van der Waals surface area contributed by atoms with Crippen LogP contribution in [-0.4, -0.2) is 53.8 Å². The zero-order valence-corrected chi connectivity index (χ0v) is 19.8. The van der Waals surface area contributed by atoms with Crippen LogP contribution in [0.5, 0.6) is 0 Å².